The lowest BCUT2D eigenvalue weighted by Gasteiger charge is -2.37. The second-order valence-electron chi connectivity index (χ2n) is 9.45. The number of sulfonamides is 1. The molecule has 3 aliphatic rings. The summed E-state index contributed by atoms with van der Waals surface area (Å²) in [6.07, 6.45) is 4.09. The van der Waals surface area contributed by atoms with Crippen molar-refractivity contribution in [1.29, 1.82) is 0 Å². The van der Waals surface area contributed by atoms with Crippen LogP contribution in [0.3, 0.4) is 0 Å². The van der Waals surface area contributed by atoms with Gasteiger partial charge in [-0.15, -0.1) is 0 Å². The molecule has 1 aromatic rings. The van der Waals surface area contributed by atoms with Crippen LogP contribution in [0.2, 0.25) is 0 Å². The number of carbonyl (C=O) groups excluding carboxylic acids is 2. The summed E-state index contributed by atoms with van der Waals surface area (Å²) in [5.74, 6) is 0.277. The molecule has 0 unspecified atom stereocenters. The molecular formula is C24H35N5O4S. The number of likely N-dealkylation sites (tertiary alicyclic amines) is 1. The highest BCUT2D eigenvalue weighted by Gasteiger charge is 2.35. The highest BCUT2D eigenvalue weighted by atomic mass is 32.2. The third-order valence-electron chi connectivity index (χ3n) is 7.12. The number of amidine groups is 1. The van der Waals surface area contributed by atoms with E-state index in [0.29, 0.717) is 38.3 Å². The van der Waals surface area contributed by atoms with Crippen LogP contribution in [0.5, 0.6) is 0 Å². The van der Waals surface area contributed by atoms with Gasteiger partial charge in [-0.25, -0.2) is 8.42 Å². The summed E-state index contributed by atoms with van der Waals surface area (Å²) in [5, 5.41) is 0. The van der Waals surface area contributed by atoms with E-state index in [-0.39, 0.29) is 28.5 Å². The first kappa shape index (κ1) is 24.7. The number of piperazine rings is 1. The van der Waals surface area contributed by atoms with Crippen LogP contribution in [0.15, 0.2) is 34.2 Å². The van der Waals surface area contributed by atoms with Gasteiger partial charge < -0.3 is 9.80 Å². The van der Waals surface area contributed by atoms with Crippen LogP contribution in [0.1, 0.15) is 45.1 Å². The molecule has 9 nitrogen and oxygen atoms in total. The Morgan fingerprint density at radius 2 is 1.68 bits per heavy atom. The molecule has 34 heavy (non-hydrogen) atoms. The number of piperidine rings is 1. The van der Waals surface area contributed by atoms with Crippen molar-refractivity contribution in [2.24, 2.45) is 10.9 Å². The number of benzene rings is 1. The molecular weight excluding hydrogens is 454 g/mol. The molecule has 10 heteroatoms. The first-order valence-electron chi connectivity index (χ1n) is 12.3. The molecule has 2 amide bonds. The predicted octanol–water partition coefficient (Wildman–Crippen LogP) is 1.30. The quantitative estimate of drug-likeness (QED) is 0.649. The summed E-state index contributed by atoms with van der Waals surface area (Å²) in [4.78, 5) is 36.8. The fourth-order valence-electron chi connectivity index (χ4n) is 4.77. The maximum Gasteiger partial charge on any atom is 0.263 e. The maximum absolute atomic E-state index is 13.5. The molecule has 3 heterocycles. The van der Waals surface area contributed by atoms with Gasteiger partial charge in [0.1, 0.15) is 11.9 Å². The fraction of sp³-hybridized carbons (Fsp3) is 0.625. The topological polar surface area (TPSA) is 102 Å². The summed E-state index contributed by atoms with van der Waals surface area (Å²) in [6.45, 7) is 8.42. The number of hydrogen-bond acceptors (Lipinski definition) is 6. The lowest BCUT2D eigenvalue weighted by molar-refractivity contribution is -0.137. The molecule has 2 saturated heterocycles. The Kier molecular flexibility index (Phi) is 7.57. The Labute approximate surface area is 202 Å². The van der Waals surface area contributed by atoms with E-state index in [1.165, 1.54) is 6.42 Å². The second-order valence-corrected chi connectivity index (χ2v) is 11.1. The number of rotatable bonds is 6. The first-order valence-corrected chi connectivity index (χ1v) is 13.8. The Bertz CT molecular complexity index is 1040. The fourth-order valence-corrected chi connectivity index (χ4v) is 6.01. The van der Waals surface area contributed by atoms with Gasteiger partial charge >= 0.3 is 0 Å². The Morgan fingerprint density at radius 3 is 2.35 bits per heavy atom. The zero-order valence-corrected chi connectivity index (χ0v) is 20.9. The van der Waals surface area contributed by atoms with Crippen molar-refractivity contribution < 1.29 is 18.0 Å². The van der Waals surface area contributed by atoms with E-state index in [9.17, 15) is 18.0 Å². The minimum absolute atomic E-state index is 0.0454. The van der Waals surface area contributed by atoms with Crippen molar-refractivity contribution in [2.45, 2.75) is 50.5 Å². The van der Waals surface area contributed by atoms with Crippen molar-refractivity contribution in [2.75, 3.05) is 45.8 Å². The standard InChI is InChI=1S/C24H35N5O4S/c1-3-18(2)22(25-23-19-9-5-6-10-20(19)34(32,33)26-23)24(31)29-15-13-27(14-16-29)17-21(30)28-11-7-4-8-12-28/h5-6,9-10,18,22H,3-4,7-8,11-17H2,1-2H3,(H,25,26)/t18-,22-/m0/s1. The van der Waals surface area contributed by atoms with E-state index >= 15 is 0 Å². The number of nitrogens with zero attached hydrogens (tertiary/aromatic N) is 4. The summed E-state index contributed by atoms with van der Waals surface area (Å²) >= 11 is 0. The van der Waals surface area contributed by atoms with Gasteiger partial charge in [-0.2, -0.15) is 0 Å². The molecule has 1 N–H and O–H groups in total. The predicted molar refractivity (Wildman–Crippen MR) is 130 cm³/mol. The molecule has 0 saturated carbocycles. The van der Waals surface area contributed by atoms with Gasteiger partial charge in [0.25, 0.3) is 10.0 Å². The van der Waals surface area contributed by atoms with Crippen LogP contribution < -0.4 is 4.72 Å². The van der Waals surface area contributed by atoms with E-state index in [4.69, 9.17) is 0 Å². The molecule has 2 fully saturated rings. The number of aliphatic imine (C=N–C) groups is 1. The largest absolute Gasteiger partial charge is 0.342 e. The van der Waals surface area contributed by atoms with Crippen molar-refractivity contribution in [3.8, 4) is 0 Å². The molecule has 0 radical (unpaired) electrons. The summed E-state index contributed by atoms with van der Waals surface area (Å²) in [6, 6.07) is 6.03. The Hall–Kier alpha value is -2.46. The molecule has 0 spiro atoms. The van der Waals surface area contributed by atoms with Crippen LogP contribution in [0, 0.1) is 5.92 Å². The molecule has 186 valence electrons. The average Bonchev–Trinajstić information content (AvgIpc) is 3.12. The zero-order valence-electron chi connectivity index (χ0n) is 20.1. The Balaban J connectivity index is 1.42. The number of carbonyl (C=O) groups is 2. The molecule has 3 aliphatic heterocycles. The van der Waals surface area contributed by atoms with Gasteiger partial charge in [-0.05, 0) is 37.3 Å². The SMILES string of the molecule is CC[C@H](C)[C@H](N=C1NS(=O)(=O)c2ccccc21)C(=O)N1CCN(CC(=O)N2CCCCC2)CC1. The number of fused-ring (bicyclic) bond motifs is 1. The first-order chi connectivity index (χ1) is 16.3. The number of amides is 2. The van der Waals surface area contributed by atoms with Crippen molar-refractivity contribution >= 4 is 27.7 Å². The summed E-state index contributed by atoms with van der Waals surface area (Å²) < 4.78 is 27.5. The molecule has 0 aromatic heterocycles. The van der Waals surface area contributed by atoms with Gasteiger partial charge in [-0.1, -0.05) is 32.4 Å². The highest BCUT2D eigenvalue weighted by molar-refractivity contribution is 7.90. The van der Waals surface area contributed by atoms with Gasteiger partial charge in [0.15, 0.2) is 0 Å². The third-order valence-corrected chi connectivity index (χ3v) is 8.52. The second kappa shape index (κ2) is 10.4. The minimum atomic E-state index is -3.66. The molecule has 2 atom stereocenters. The Morgan fingerprint density at radius 1 is 1.00 bits per heavy atom. The normalized spacial score (nSPS) is 23.3. The zero-order chi connectivity index (χ0) is 24.3. The van der Waals surface area contributed by atoms with E-state index in [0.717, 1.165) is 32.4 Å². The van der Waals surface area contributed by atoms with Gasteiger partial charge in [0, 0.05) is 44.8 Å². The molecule has 4 rings (SSSR count). The van der Waals surface area contributed by atoms with Gasteiger partial charge in [0.05, 0.1) is 11.4 Å². The molecule has 1 aromatic carbocycles. The van der Waals surface area contributed by atoms with E-state index in [1.54, 1.807) is 29.2 Å². The lowest BCUT2D eigenvalue weighted by Crippen LogP contribution is -2.54. The average molecular weight is 490 g/mol. The van der Waals surface area contributed by atoms with Crippen LogP contribution in [0.4, 0.5) is 0 Å². The van der Waals surface area contributed by atoms with E-state index in [1.807, 2.05) is 18.7 Å². The minimum Gasteiger partial charge on any atom is -0.342 e. The third kappa shape index (κ3) is 5.27. The highest BCUT2D eigenvalue weighted by Crippen LogP contribution is 2.25. The summed E-state index contributed by atoms with van der Waals surface area (Å²) in [5.41, 5.74) is 0.504. The van der Waals surface area contributed by atoms with Gasteiger partial charge in [0.2, 0.25) is 11.8 Å². The lowest BCUT2D eigenvalue weighted by atomic mass is 9.97. The monoisotopic (exact) mass is 489 g/mol. The van der Waals surface area contributed by atoms with Gasteiger partial charge in [-0.3, -0.25) is 24.2 Å². The van der Waals surface area contributed by atoms with E-state index in [2.05, 4.69) is 14.6 Å². The van der Waals surface area contributed by atoms with Crippen LogP contribution in [-0.2, 0) is 19.6 Å². The van der Waals surface area contributed by atoms with E-state index < -0.39 is 16.1 Å². The number of hydrogen-bond donors (Lipinski definition) is 1. The van der Waals surface area contributed by atoms with Crippen LogP contribution in [-0.4, -0.2) is 92.6 Å². The van der Waals surface area contributed by atoms with Crippen LogP contribution >= 0.6 is 0 Å². The molecule has 0 aliphatic carbocycles. The number of nitrogens with one attached hydrogen (secondary N) is 1. The molecule has 0 bridgehead atoms. The van der Waals surface area contributed by atoms with Crippen molar-refractivity contribution in [3.63, 3.8) is 0 Å². The maximum atomic E-state index is 13.5. The summed E-state index contributed by atoms with van der Waals surface area (Å²) in [7, 11) is -3.66. The van der Waals surface area contributed by atoms with Crippen molar-refractivity contribution in [1.82, 2.24) is 19.4 Å². The van der Waals surface area contributed by atoms with Crippen molar-refractivity contribution in [3.05, 3.63) is 29.8 Å². The smallest absolute Gasteiger partial charge is 0.263 e. The van der Waals surface area contributed by atoms with Crippen LogP contribution in [0.25, 0.3) is 0 Å².